The monoisotopic (exact) mass is 462 g/mol. The van der Waals surface area contributed by atoms with Gasteiger partial charge in [0, 0.05) is 19.7 Å². The second-order valence-corrected chi connectivity index (χ2v) is 8.34. The van der Waals surface area contributed by atoms with Crippen molar-refractivity contribution in [3.8, 4) is 22.5 Å². The molecule has 2 aromatic carbocycles. The number of hydrogen-bond acceptors (Lipinski definition) is 8. The second-order valence-electron chi connectivity index (χ2n) is 8.34. The van der Waals surface area contributed by atoms with Crippen LogP contribution in [0.4, 0.5) is 0 Å². The lowest BCUT2D eigenvalue weighted by molar-refractivity contribution is 0.0423. The lowest BCUT2D eigenvalue weighted by Crippen LogP contribution is -2.24. The molecule has 0 aliphatic rings. The molecular weight excluding hydrogens is 436 g/mol. The van der Waals surface area contributed by atoms with Gasteiger partial charge in [-0.25, -0.2) is 14.9 Å². The molecule has 34 heavy (non-hydrogen) atoms. The average molecular weight is 463 g/mol. The summed E-state index contributed by atoms with van der Waals surface area (Å²) >= 11 is 0. The van der Waals surface area contributed by atoms with E-state index in [1.165, 1.54) is 0 Å². The number of methoxy groups -OCH3 is 1. The van der Waals surface area contributed by atoms with Gasteiger partial charge >= 0.3 is 5.97 Å². The van der Waals surface area contributed by atoms with Crippen LogP contribution in [0.2, 0.25) is 0 Å². The number of nitrogens with one attached hydrogen (secondary N) is 1. The summed E-state index contributed by atoms with van der Waals surface area (Å²) in [6.07, 6.45) is 0. The lowest BCUT2D eigenvalue weighted by Gasteiger charge is -2.20. The summed E-state index contributed by atoms with van der Waals surface area (Å²) < 4.78 is 12.3. The number of esters is 1. The first-order valence-electron chi connectivity index (χ1n) is 10.7. The topological polar surface area (TPSA) is 128 Å². The highest BCUT2D eigenvalue weighted by Crippen LogP contribution is 2.30. The first-order valence-corrected chi connectivity index (χ1v) is 10.7. The summed E-state index contributed by atoms with van der Waals surface area (Å²) in [5.74, 6) is 0.498. The maximum atomic E-state index is 12.8. The Balaban J connectivity index is 1.51. The number of aromatic nitrogens is 6. The van der Waals surface area contributed by atoms with Crippen LogP contribution in [0.15, 0.2) is 48.5 Å². The van der Waals surface area contributed by atoms with E-state index in [0.717, 1.165) is 22.3 Å². The number of benzene rings is 2. The number of rotatable bonds is 8. The normalized spacial score (nSPS) is 11.6. The molecule has 2 aromatic heterocycles. The van der Waals surface area contributed by atoms with Crippen molar-refractivity contribution < 1.29 is 19.4 Å². The van der Waals surface area contributed by atoms with Crippen molar-refractivity contribution in [1.82, 2.24) is 30.2 Å². The molecule has 4 rings (SSSR count). The van der Waals surface area contributed by atoms with E-state index in [0.29, 0.717) is 17.3 Å². The number of aromatic amines is 1. The van der Waals surface area contributed by atoms with E-state index in [-0.39, 0.29) is 18.9 Å². The predicted octanol–water partition coefficient (Wildman–Crippen LogP) is 3.00. The molecule has 0 aliphatic carbocycles. The lowest BCUT2D eigenvalue weighted by atomic mass is 9.98. The molecule has 10 nitrogen and oxygen atoms in total. The van der Waals surface area contributed by atoms with Crippen molar-refractivity contribution in [3.05, 3.63) is 71.3 Å². The highest BCUT2D eigenvalue weighted by Gasteiger charge is 2.31. The minimum absolute atomic E-state index is 0.0638. The third kappa shape index (κ3) is 4.73. The largest absolute Gasteiger partial charge is 0.456 e. The number of imidazole rings is 1. The van der Waals surface area contributed by atoms with Gasteiger partial charge in [0.25, 0.3) is 0 Å². The number of hydrogen-bond donors (Lipinski definition) is 2. The number of ether oxygens (including phenoxy) is 2. The van der Waals surface area contributed by atoms with Gasteiger partial charge in [-0.3, -0.25) is 0 Å². The van der Waals surface area contributed by atoms with E-state index in [4.69, 9.17) is 9.47 Å². The van der Waals surface area contributed by atoms with Crippen LogP contribution in [-0.2, 0) is 35.3 Å². The maximum Gasteiger partial charge on any atom is 0.359 e. The summed E-state index contributed by atoms with van der Waals surface area (Å²) in [7, 11) is 3.28. The van der Waals surface area contributed by atoms with Gasteiger partial charge in [-0.1, -0.05) is 48.5 Å². The van der Waals surface area contributed by atoms with E-state index in [1.54, 1.807) is 32.6 Å². The van der Waals surface area contributed by atoms with Crippen LogP contribution in [0.5, 0.6) is 0 Å². The molecule has 0 atom stereocenters. The zero-order chi connectivity index (χ0) is 24.3. The van der Waals surface area contributed by atoms with Crippen molar-refractivity contribution in [3.63, 3.8) is 0 Å². The summed E-state index contributed by atoms with van der Waals surface area (Å²) in [5, 5.41) is 24.7. The number of carbonyl (C=O) groups is 1. The standard InChI is InChI=1S/C24H26N6O4/c1-24(2,32)21-20(25-19(14-33-4)30(21)3)23(31)34-13-15-9-11-16(12-10-15)17-7-5-6-8-18(17)22-26-28-29-27-22/h5-12,32H,13-14H2,1-4H3,(H,26,27,28,29). The Labute approximate surface area is 196 Å². The molecule has 0 bridgehead atoms. The van der Waals surface area contributed by atoms with Gasteiger partial charge in [0.15, 0.2) is 11.5 Å². The van der Waals surface area contributed by atoms with E-state index in [2.05, 4.69) is 25.6 Å². The van der Waals surface area contributed by atoms with Crippen LogP contribution in [0.25, 0.3) is 22.5 Å². The number of tetrazole rings is 1. The zero-order valence-corrected chi connectivity index (χ0v) is 19.4. The smallest absolute Gasteiger partial charge is 0.359 e. The van der Waals surface area contributed by atoms with Crippen LogP contribution in [0.1, 0.15) is 41.4 Å². The number of H-pyrrole nitrogens is 1. The molecule has 0 saturated heterocycles. The number of aliphatic hydroxyl groups is 1. The maximum absolute atomic E-state index is 12.8. The quantitative estimate of drug-likeness (QED) is 0.383. The Kier molecular flexibility index (Phi) is 6.53. The van der Waals surface area contributed by atoms with Crippen molar-refractivity contribution in [2.45, 2.75) is 32.7 Å². The fourth-order valence-electron chi connectivity index (χ4n) is 3.86. The highest BCUT2D eigenvalue weighted by atomic mass is 16.5. The molecule has 0 fully saturated rings. The first kappa shape index (κ1) is 23.3. The molecule has 0 radical (unpaired) electrons. The molecule has 0 spiro atoms. The van der Waals surface area contributed by atoms with Gasteiger partial charge in [-0.15, -0.1) is 5.10 Å². The SMILES string of the molecule is COCc1nc(C(=O)OCc2ccc(-c3ccccc3-c3nnn[nH]3)cc2)c(C(C)(C)O)n1C. The molecule has 10 heteroatoms. The van der Waals surface area contributed by atoms with Crippen molar-refractivity contribution >= 4 is 5.97 Å². The van der Waals surface area contributed by atoms with Crippen molar-refractivity contribution in [1.29, 1.82) is 0 Å². The summed E-state index contributed by atoms with van der Waals surface area (Å²) in [6.45, 7) is 3.47. The molecule has 4 aromatic rings. The summed E-state index contributed by atoms with van der Waals surface area (Å²) in [4.78, 5) is 17.2. The molecule has 2 N–H and O–H groups in total. The molecule has 0 aliphatic heterocycles. The van der Waals surface area contributed by atoms with Crippen molar-refractivity contribution in [2.24, 2.45) is 7.05 Å². The van der Waals surface area contributed by atoms with Crippen LogP contribution in [0, 0.1) is 0 Å². The van der Waals surface area contributed by atoms with Crippen LogP contribution >= 0.6 is 0 Å². The Bertz CT molecular complexity index is 1270. The zero-order valence-electron chi connectivity index (χ0n) is 19.4. The Morgan fingerprint density at radius 3 is 2.41 bits per heavy atom. The summed E-state index contributed by atoms with van der Waals surface area (Å²) in [5.41, 5.74) is 2.81. The fraction of sp³-hybridized carbons (Fsp3) is 0.292. The highest BCUT2D eigenvalue weighted by molar-refractivity contribution is 5.89. The van der Waals surface area contributed by atoms with Gasteiger partial charge in [-0.2, -0.15) is 0 Å². The number of carbonyl (C=O) groups excluding carboxylic acids is 1. The molecule has 2 heterocycles. The fourth-order valence-corrected chi connectivity index (χ4v) is 3.86. The Hall–Kier alpha value is -3.89. The second kappa shape index (κ2) is 9.54. The van der Waals surface area contributed by atoms with Gasteiger partial charge in [0.2, 0.25) is 0 Å². The number of nitrogens with zero attached hydrogens (tertiary/aromatic N) is 5. The Morgan fingerprint density at radius 1 is 1.09 bits per heavy atom. The summed E-state index contributed by atoms with van der Waals surface area (Å²) in [6, 6.07) is 15.5. The van der Waals surface area contributed by atoms with E-state index >= 15 is 0 Å². The van der Waals surface area contributed by atoms with Gasteiger partial charge in [0.1, 0.15) is 24.6 Å². The van der Waals surface area contributed by atoms with Gasteiger partial charge in [-0.05, 0) is 41.0 Å². The first-order chi connectivity index (χ1) is 16.3. The minimum atomic E-state index is -1.28. The van der Waals surface area contributed by atoms with Gasteiger partial charge in [0.05, 0.1) is 5.69 Å². The van der Waals surface area contributed by atoms with E-state index in [1.807, 2.05) is 48.5 Å². The van der Waals surface area contributed by atoms with E-state index < -0.39 is 11.6 Å². The van der Waals surface area contributed by atoms with Crippen molar-refractivity contribution in [2.75, 3.05) is 7.11 Å². The molecule has 0 saturated carbocycles. The molecule has 0 unspecified atom stereocenters. The van der Waals surface area contributed by atoms with Crippen LogP contribution in [-0.4, -0.2) is 48.4 Å². The van der Waals surface area contributed by atoms with Crippen LogP contribution in [0.3, 0.4) is 0 Å². The third-order valence-electron chi connectivity index (χ3n) is 5.40. The molecular formula is C24H26N6O4. The predicted molar refractivity (Wildman–Crippen MR) is 123 cm³/mol. The van der Waals surface area contributed by atoms with E-state index in [9.17, 15) is 9.90 Å². The third-order valence-corrected chi connectivity index (χ3v) is 5.40. The molecule has 176 valence electrons. The average Bonchev–Trinajstić information content (AvgIpc) is 3.46. The van der Waals surface area contributed by atoms with Gasteiger partial charge < -0.3 is 19.1 Å². The Morgan fingerprint density at radius 2 is 1.79 bits per heavy atom. The minimum Gasteiger partial charge on any atom is -0.456 e. The molecule has 0 amide bonds. The van der Waals surface area contributed by atoms with Crippen LogP contribution < -0.4 is 0 Å².